The van der Waals surface area contributed by atoms with Crippen LogP contribution in [0, 0.1) is 0 Å². The van der Waals surface area contributed by atoms with E-state index in [-0.39, 0.29) is 18.2 Å². The van der Waals surface area contributed by atoms with Crippen molar-refractivity contribution in [1.29, 1.82) is 0 Å². The highest BCUT2D eigenvalue weighted by molar-refractivity contribution is 6.03. The Morgan fingerprint density at radius 1 is 1.17 bits per heavy atom. The van der Waals surface area contributed by atoms with Gasteiger partial charge < -0.3 is 15.5 Å². The quantitative estimate of drug-likeness (QED) is 0.664. The van der Waals surface area contributed by atoms with Crippen molar-refractivity contribution in [2.75, 3.05) is 11.9 Å². The van der Waals surface area contributed by atoms with Gasteiger partial charge in [0.1, 0.15) is 0 Å². The van der Waals surface area contributed by atoms with Gasteiger partial charge in [-0.05, 0) is 36.2 Å². The molecule has 24 heavy (non-hydrogen) atoms. The van der Waals surface area contributed by atoms with Gasteiger partial charge in [0.25, 0.3) is 5.91 Å². The molecular formula is C17H16N4O3. The fourth-order valence-corrected chi connectivity index (χ4v) is 2.21. The molecule has 0 aliphatic carbocycles. The Hall–Kier alpha value is -3.19. The first kappa shape index (κ1) is 15.7. The highest BCUT2D eigenvalue weighted by Crippen LogP contribution is 2.18. The molecule has 1 aromatic carbocycles. The van der Waals surface area contributed by atoms with E-state index in [0.29, 0.717) is 17.9 Å². The highest BCUT2D eigenvalue weighted by Gasteiger charge is 2.15. The lowest BCUT2D eigenvalue weighted by atomic mass is 10.1. The predicted molar refractivity (Wildman–Crippen MR) is 88.2 cm³/mol. The van der Waals surface area contributed by atoms with E-state index in [4.69, 9.17) is 5.11 Å². The Balaban J connectivity index is 1.76. The lowest BCUT2D eigenvalue weighted by molar-refractivity contribution is 0.102. The molecule has 0 aliphatic heterocycles. The van der Waals surface area contributed by atoms with Crippen LogP contribution in [0.15, 0.2) is 54.7 Å². The van der Waals surface area contributed by atoms with Gasteiger partial charge in [0, 0.05) is 24.6 Å². The van der Waals surface area contributed by atoms with Crippen molar-refractivity contribution in [3.63, 3.8) is 0 Å². The van der Waals surface area contributed by atoms with Gasteiger partial charge in [-0.2, -0.15) is 9.78 Å². The number of aliphatic hydroxyl groups excluding tert-OH is 1. The Labute approximate surface area is 138 Å². The topological polar surface area (TPSA) is 100 Å². The number of benzene rings is 1. The molecule has 3 rings (SSSR count). The number of anilines is 1. The first-order chi connectivity index (χ1) is 11.7. The van der Waals surface area contributed by atoms with Crippen LogP contribution in [0.25, 0.3) is 5.82 Å². The van der Waals surface area contributed by atoms with Crippen LogP contribution in [0.2, 0.25) is 0 Å². The molecule has 2 aromatic heterocycles. The van der Waals surface area contributed by atoms with Gasteiger partial charge in [-0.15, -0.1) is 0 Å². The van der Waals surface area contributed by atoms with Crippen molar-refractivity contribution in [2.45, 2.75) is 6.42 Å². The summed E-state index contributed by atoms with van der Waals surface area (Å²) in [4.78, 5) is 16.3. The van der Waals surface area contributed by atoms with Crippen LogP contribution in [-0.2, 0) is 6.42 Å². The summed E-state index contributed by atoms with van der Waals surface area (Å²) >= 11 is 0. The maximum Gasteiger partial charge on any atom is 0.276 e. The zero-order chi connectivity index (χ0) is 16.9. The second-order valence-corrected chi connectivity index (χ2v) is 5.11. The van der Waals surface area contributed by atoms with E-state index in [1.165, 1.54) is 10.7 Å². The second-order valence-electron chi connectivity index (χ2n) is 5.11. The van der Waals surface area contributed by atoms with Crippen molar-refractivity contribution in [3.8, 4) is 11.7 Å². The number of carbonyl (C=O) groups excluding carboxylic acids is 1. The fraction of sp³-hybridized carbons (Fsp3) is 0.118. The van der Waals surface area contributed by atoms with Crippen molar-refractivity contribution in [1.82, 2.24) is 14.8 Å². The highest BCUT2D eigenvalue weighted by atomic mass is 16.3. The van der Waals surface area contributed by atoms with Crippen molar-refractivity contribution < 1.29 is 15.0 Å². The normalized spacial score (nSPS) is 10.5. The minimum Gasteiger partial charge on any atom is -0.493 e. The fourth-order valence-electron chi connectivity index (χ4n) is 2.21. The Morgan fingerprint density at radius 3 is 2.62 bits per heavy atom. The van der Waals surface area contributed by atoms with Crippen LogP contribution < -0.4 is 5.32 Å². The van der Waals surface area contributed by atoms with Gasteiger partial charge in [-0.3, -0.25) is 4.79 Å². The molecule has 0 saturated carbocycles. The largest absolute Gasteiger partial charge is 0.493 e. The number of carbonyl (C=O) groups is 1. The molecule has 1 amide bonds. The number of aliphatic hydroxyl groups is 1. The summed E-state index contributed by atoms with van der Waals surface area (Å²) in [6.45, 7) is 0.0793. The molecule has 0 unspecified atom stereocenters. The van der Waals surface area contributed by atoms with Crippen LogP contribution in [0.5, 0.6) is 5.88 Å². The summed E-state index contributed by atoms with van der Waals surface area (Å²) in [5, 5.41) is 25.6. The van der Waals surface area contributed by atoms with Crippen molar-refractivity contribution in [2.24, 2.45) is 0 Å². The van der Waals surface area contributed by atoms with E-state index in [9.17, 15) is 9.90 Å². The van der Waals surface area contributed by atoms with Crippen molar-refractivity contribution in [3.05, 3.63) is 66.0 Å². The summed E-state index contributed by atoms with van der Waals surface area (Å²) in [7, 11) is 0. The van der Waals surface area contributed by atoms with E-state index in [2.05, 4.69) is 15.4 Å². The Bertz CT molecular complexity index is 829. The molecule has 7 nitrogen and oxygen atoms in total. The van der Waals surface area contributed by atoms with E-state index in [1.807, 2.05) is 12.1 Å². The molecule has 0 spiro atoms. The maximum absolute atomic E-state index is 12.3. The number of aromatic hydroxyl groups is 1. The average molecular weight is 324 g/mol. The molecule has 0 fully saturated rings. The molecule has 0 bridgehead atoms. The molecular weight excluding hydrogens is 308 g/mol. The van der Waals surface area contributed by atoms with E-state index in [0.717, 1.165) is 5.56 Å². The zero-order valence-corrected chi connectivity index (χ0v) is 12.8. The monoisotopic (exact) mass is 324 g/mol. The van der Waals surface area contributed by atoms with E-state index >= 15 is 0 Å². The lowest BCUT2D eigenvalue weighted by Gasteiger charge is -2.04. The van der Waals surface area contributed by atoms with Gasteiger partial charge in [0.2, 0.25) is 5.88 Å². The molecule has 2 heterocycles. The SMILES string of the molecule is O=C(Nc1ccc(CCO)cc1)c1cc(O)n(-c2ccccn2)n1. The van der Waals surface area contributed by atoms with Crippen molar-refractivity contribution >= 4 is 11.6 Å². The number of hydrogen-bond donors (Lipinski definition) is 3. The number of pyridine rings is 1. The third-order valence-electron chi connectivity index (χ3n) is 3.40. The predicted octanol–water partition coefficient (Wildman–Crippen LogP) is 1.76. The summed E-state index contributed by atoms with van der Waals surface area (Å²) in [6, 6.07) is 13.6. The minimum atomic E-state index is -0.435. The number of hydrogen-bond acceptors (Lipinski definition) is 5. The van der Waals surface area contributed by atoms with Crippen LogP contribution in [0.1, 0.15) is 16.1 Å². The second kappa shape index (κ2) is 6.93. The number of amides is 1. The summed E-state index contributed by atoms with van der Waals surface area (Å²) in [5.74, 6) is -0.186. The number of rotatable bonds is 5. The first-order valence-electron chi connectivity index (χ1n) is 7.39. The van der Waals surface area contributed by atoms with Gasteiger partial charge in [0.05, 0.1) is 0 Å². The van der Waals surface area contributed by atoms with E-state index < -0.39 is 5.91 Å². The Morgan fingerprint density at radius 2 is 1.96 bits per heavy atom. The molecule has 3 aromatic rings. The van der Waals surface area contributed by atoms with Gasteiger partial charge in [-0.25, -0.2) is 4.98 Å². The molecule has 0 radical (unpaired) electrons. The van der Waals surface area contributed by atoms with Gasteiger partial charge in [0.15, 0.2) is 11.5 Å². The molecule has 0 atom stereocenters. The average Bonchev–Trinajstić information content (AvgIpc) is 3.00. The molecule has 3 N–H and O–H groups in total. The third-order valence-corrected chi connectivity index (χ3v) is 3.40. The summed E-state index contributed by atoms with van der Waals surface area (Å²) in [6.07, 6.45) is 2.14. The molecule has 0 aliphatic rings. The number of nitrogens with one attached hydrogen (secondary N) is 1. The van der Waals surface area contributed by atoms with Gasteiger partial charge >= 0.3 is 0 Å². The standard InChI is InChI=1S/C17H16N4O3/c22-10-8-12-4-6-13(7-5-12)19-17(24)14-11-16(23)21(20-14)15-3-1-2-9-18-15/h1-7,9,11,22-23H,8,10H2,(H,19,24). The number of aromatic nitrogens is 3. The van der Waals surface area contributed by atoms with Crippen LogP contribution in [-0.4, -0.2) is 37.5 Å². The molecule has 7 heteroatoms. The van der Waals surface area contributed by atoms with Crippen LogP contribution >= 0.6 is 0 Å². The maximum atomic E-state index is 12.3. The smallest absolute Gasteiger partial charge is 0.276 e. The molecule has 122 valence electrons. The summed E-state index contributed by atoms with van der Waals surface area (Å²) in [5.41, 5.74) is 1.67. The lowest BCUT2D eigenvalue weighted by Crippen LogP contribution is -2.13. The number of nitrogens with zero attached hydrogens (tertiary/aromatic N) is 3. The summed E-state index contributed by atoms with van der Waals surface area (Å²) < 4.78 is 1.19. The first-order valence-corrected chi connectivity index (χ1v) is 7.39. The van der Waals surface area contributed by atoms with Crippen LogP contribution in [0.4, 0.5) is 5.69 Å². The van der Waals surface area contributed by atoms with Crippen LogP contribution in [0.3, 0.4) is 0 Å². The third kappa shape index (κ3) is 3.41. The minimum absolute atomic E-state index is 0.0793. The Kier molecular flexibility index (Phi) is 4.53. The van der Waals surface area contributed by atoms with E-state index in [1.54, 1.807) is 36.5 Å². The van der Waals surface area contributed by atoms with Gasteiger partial charge in [-0.1, -0.05) is 18.2 Å². The molecule has 0 saturated heterocycles. The zero-order valence-electron chi connectivity index (χ0n) is 12.8.